The Kier molecular flexibility index (Phi) is 7.64. The first-order chi connectivity index (χ1) is 19.8. The summed E-state index contributed by atoms with van der Waals surface area (Å²) in [6, 6.07) is 8.68. The van der Waals surface area contributed by atoms with Crippen LogP contribution in [0.2, 0.25) is 5.02 Å². The Morgan fingerprint density at radius 1 is 1.24 bits per heavy atom. The molecule has 2 aliphatic heterocycles. The van der Waals surface area contributed by atoms with Crippen molar-refractivity contribution in [3.05, 3.63) is 58.0 Å². The highest BCUT2D eigenvalue weighted by atomic mass is 35.5. The van der Waals surface area contributed by atoms with E-state index in [1.165, 1.54) is 16.0 Å². The number of fused-ring (bicyclic) bond motifs is 3. The number of nitrogens with zero attached hydrogens (tertiary/aromatic N) is 6. The summed E-state index contributed by atoms with van der Waals surface area (Å²) in [6.45, 7) is 5.91. The van der Waals surface area contributed by atoms with E-state index in [4.69, 9.17) is 26.3 Å². The molecule has 10 heteroatoms. The zero-order valence-corrected chi connectivity index (χ0v) is 24.3. The van der Waals surface area contributed by atoms with Gasteiger partial charge in [0.1, 0.15) is 12.4 Å². The van der Waals surface area contributed by atoms with E-state index in [-0.39, 0.29) is 18.4 Å². The molecule has 1 spiro atoms. The summed E-state index contributed by atoms with van der Waals surface area (Å²) < 4.78 is 20.0. The average molecular weight is 579 g/mol. The lowest BCUT2D eigenvalue weighted by Gasteiger charge is -2.42. The number of nitriles is 1. The van der Waals surface area contributed by atoms with Crippen LogP contribution < -0.4 is 9.64 Å². The second kappa shape index (κ2) is 11.2. The van der Waals surface area contributed by atoms with Gasteiger partial charge in [-0.3, -0.25) is 4.79 Å². The number of benzene rings is 1. The fourth-order valence-electron chi connectivity index (χ4n) is 7.35. The van der Waals surface area contributed by atoms with Crippen LogP contribution in [0.5, 0.6) is 6.01 Å². The molecule has 2 aromatic rings. The third-order valence-electron chi connectivity index (χ3n) is 9.60. The Labute approximate surface area is 245 Å². The van der Waals surface area contributed by atoms with Gasteiger partial charge < -0.3 is 19.4 Å². The second-order valence-corrected chi connectivity index (χ2v) is 12.4. The number of halogens is 2. The van der Waals surface area contributed by atoms with Crippen molar-refractivity contribution >= 4 is 23.3 Å². The van der Waals surface area contributed by atoms with Gasteiger partial charge in [-0.25, -0.2) is 4.39 Å². The molecule has 6 rings (SSSR count). The van der Waals surface area contributed by atoms with Gasteiger partial charge in [-0.1, -0.05) is 24.2 Å². The molecular formula is C31H36ClFN6O2. The summed E-state index contributed by atoms with van der Waals surface area (Å²) >= 11 is 6.32. The minimum absolute atomic E-state index is 0.0113. The first kappa shape index (κ1) is 27.9. The molecule has 2 saturated heterocycles. The molecule has 3 heterocycles. The molecule has 1 aromatic heterocycles. The van der Waals surface area contributed by atoms with Crippen LogP contribution in [0.3, 0.4) is 0 Å². The lowest BCUT2D eigenvalue weighted by molar-refractivity contribution is -0.131. The van der Waals surface area contributed by atoms with Crippen LogP contribution in [0, 0.1) is 11.3 Å². The Morgan fingerprint density at radius 2 is 2.07 bits per heavy atom. The molecule has 8 nitrogen and oxygen atoms in total. The number of hydrogen-bond donors (Lipinski definition) is 0. The molecule has 0 N–H and O–H groups in total. The number of piperazine rings is 1. The van der Waals surface area contributed by atoms with E-state index in [0.717, 1.165) is 73.6 Å². The maximum atomic E-state index is 13.8. The summed E-state index contributed by atoms with van der Waals surface area (Å²) in [7, 11) is 2.12. The third kappa shape index (κ3) is 5.28. The first-order valence-electron chi connectivity index (χ1n) is 14.6. The van der Waals surface area contributed by atoms with Crippen molar-refractivity contribution in [2.75, 3.05) is 44.7 Å². The van der Waals surface area contributed by atoms with Crippen LogP contribution >= 0.6 is 11.6 Å². The van der Waals surface area contributed by atoms with Crippen molar-refractivity contribution in [1.82, 2.24) is 19.8 Å². The molecule has 0 bridgehead atoms. The number of likely N-dealkylation sites (tertiary alicyclic amines) is 1. The molecule has 4 aliphatic rings. The number of anilines is 1. The molecule has 3 atom stereocenters. The highest BCUT2D eigenvalue weighted by molar-refractivity contribution is 6.30. The molecule has 41 heavy (non-hydrogen) atoms. The van der Waals surface area contributed by atoms with Crippen molar-refractivity contribution < 1.29 is 13.9 Å². The Bertz CT molecular complexity index is 1410. The molecule has 216 valence electrons. The minimum atomic E-state index is -1.00. The number of amides is 1. The smallest absolute Gasteiger partial charge is 0.318 e. The number of rotatable bonds is 6. The summed E-state index contributed by atoms with van der Waals surface area (Å²) in [6.07, 6.45) is 7.01. The maximum Gasteiger partial charge on any atom is 0.318 e. The normalized spacial score (nSPS) is 25.6. The van der Waals surface area contributed by atoms with Crippen LogP contribution in [0.25, 0.3) is 0 Å². The van der Waals surface area contributed by atoms with Gasteiger partial charge in [0, 0.05) is 41.7 Å². The van der Waals surface area contributed by atoms with Gasteiger partial charge in [-0.15, -0.1) is 0 Å². The number of aromatic nitrogens is 2. The SMILES string of the molecule is C=C(F)C(=O)N1CCN(c2nc(OC[C@@H]3CCCN3C)nc3c2CCC2(CCc4cc(Cl)ccc42)C3)C[C@@H]1CC#N. The van der Waals surface area contributed by atoms with E-state index >= 15 is 0 Å². The molecule has 1 unspecified atom stereocenters. The maximum absolute atomic E-state index is 13.8. The quantitative estimate of drug-likeness (QED) is 0.470. The van der Waals surface area contributed by atoms with E-state index in [0.29, 0.717) is 31.7 Å². The third-order valence-corrected chi connectivity index (χ3v) is 9.83. The van der Waals surface area contributed by atoms with E-state index in [9.17, 15) is 14.4 Å². The minimum Gasteiger partial charge on any atom is -0.462 e. The van der Waals surface area contributed by atoms with Gasteiger partial charge in [-0.2, -0.15) is 15.2 Å². The summed E-state index contributed by atoms with van der Waals surface area (Å²) in [5, 5.41) is 10.3. The van der Waals surface area contributed by atoms with Crippen LogP contribution in [-0.2, 0) is 29.5 Å². The van der Waals surface area contributed by atoms with E-state index in [2.05, 4.69) is 41.6 Å². The number of aryl methyl sites for hydroxylation is 1. The summed E-state index contributed by atoms with van der Waals surface area (Å²) in [5.74, 6) is -0.943. The van der Waals surface area contributed by atoms with Gasteiger partial charge in [0.05, 0.1) is 24.2 Å². The van der Waals surface area contributed by atoms with E-state index in [1.807, 2.05) is 6.07 Å². The van der Waals surface area contributed by atoms with Crippen molar-refractivity contribution in [2.45, 2.75) is 68.9 Å². The largest absolute Gasteiger partial charge is 0.462 e. The highest BCUT2D eigenvalue weighted by Gasteiger charge is 2.44. The van der Waals surface area contributed by atoms with E-state index < -0.39 is 17.8 Å². The predicted molar refractivity (Wildman–Crippen MR) is 155 cm³/mol. The number of likely N-dealkylation sites (N-methyl/N-ethyl adjacent to an activating group) is 1. The summed E-state index contributed by atoms with van der Waals surface area (Å²) in [4.78, 5) is 28.3. The number of carbonyl (C=O) groups is 1. The van der Waals surface area contributed by atoms with Gasteiger partial charge in [0.2, 0.25) is 0 Å². The van der Waals surface area contributed by atoms with E-state index in [1.54, 1.807) is 0 Å². The summed E-state index contributed by atoms with van der Waals surface area (Å²) in [5.41, 5.74) is 4.82. The lowest BCUT2D eigenvalue weighted by atomic mass is 9.69. The van der Waals surface area contributed by atoms with Crippen molar-refractivity contribution in [3.63, 3.8) is 0 Å². The highest BCUT2D eigenvalue weighted by Crippen LogP contribution is 2.49. The number of ether oxygens (including phenoxy) is 1. The second-order valence-electron chi connectivity index (χ2n) is 12.0. The Balaban J connectivity index is 1.33. The van der Waals surface area contributed by atoms with Crippen LogP contribution in [-0.4, -0.2) is 77.6 Å². The lowest BCUT2D eigenvalue weighted by Crippen LogP contribution is -2.55. The van der Waals surface area contributed by atoms with Crippen molar-refractivity contribution in [2.24, 2.45) is 0 Å². The Hall–Kier alpha value is -3.22. The zero-order chi connectivity index (χ0) is 28.7. The zero-order valence-electron chi connectivity index (χ0n) is 23.5. The first-order valence-corrected chi connectivity index (χ1v) is 14.9. The number of hydrogen-bond acceptors (Lipinski definition) is 7. The fraction of sp³-hybridized carbons (Fsp3) is 0.548. The topological polar surface area (TPSA) is 85.6 Å². The predicted octanol–water partition coefficient (Wildman–Crippen LogP) is 4.39. The van der Waals surface area contributed by atoms with Crippen LogP contribution in [0.4, 0.5) is 10.2 Å². The van der Waals surface area contributed by atoms with Gasteiger partial charge >= 0.3 is 6.01 Å². The molecular weight excluding hydrogens is 543 g/mol. The van der Waals surface area contributed by atoms with Gasteiger partial charge in [-0.05, 0) is 81.8 Å². The van der Waals surface area contributed by atoms with Crippen LogP contribution in [0.15, 0.2) is 30.6 Å². The van der Waals surface area contributed by atoms with Crippen LogP contribution in [0.1, 0.15) is 54.5 Å². The molecule has 2 aliphatic carbocycles. The molecule has 2 fully saturated rings. The molecule has 0 radical (unpaired) electrons. The van der Waals surface area contributed by atoms with Crippen molar-refractivity contribution in [3.8, 4) is 12.1 Å². The molecule has 1 amide bonds. The molecule has 0 saturated carbocycles. The standard InChI is InChI=1S/C31H36ClFN6O2/c1-20(33)29(40)39-15-14-38(18-23(39)9-12-34)28-25-8-11-31(10-7-21-16-22(32)5-6-26(21)31)17-27(25)35-30(36-28)41-19-24-4-3-13-37(24)2/h5-6,16,23-24H,1,3-4,7-11,13-15,17-19H2,2H3/t23-,24-,31?/m0/s1. The monoisotopic (exact) mass is 578 g/mol. The number of carbonyl (C=O) groups excluding carboxylic acids is 1. The van der Waals surface area contributed by atoms with Crippen molar-refractivity contribution in [1.29, 1.82) is 5.26 Å². The Morgan fingerprint density at radius 3 is 2.83 bits per heavy atom. The van der Waals surface area contributed by atoms with Gasteiger partial charge in [0.25, 0.3) is 5.91 Å². The van der Waals surface area contributed by atoms with Gasteiger partial charge in [0.15, 0.2) is 5.83 Å². The molecule has 1 aromatic carbocycles. The average Bonchev–Trinajstić information content (AvgIpc) is 3.53. The fourth-order valence-corrected chi connectivity index (χ4v) is 7.54.